The summed E-state index contributed by atoms with van der Waals surface area (Å²) in [5, 5.41) is 4.06. The summed E-state index contributed by atoms with van der Waals surface area (Å²) in [6, 6.07) is 5.90. The van der Waals surface area contributed by atoms with Gasteiger partial charge in [0.1, 0.15) is 5.54 Å². The Balaban J connectivity index is 2.38. The lowest BCUT2D eigenvalue weighted by molar-refractivity contribution is -0.136. The molecule has 1 aromatic rings. The van der Waals surface area contributed by atoms with Crippen molar-refractivity contribution in [3.05, 3.63) is 28.8 Å². The van der Waals surface area contributed by atoms with Crippen LogP contribution in [0.15, 0.2) is 18.2 Å². The Labute approximate surface area is 132 Å². The lowest BCUT2D eigenvalue weighted by Gasteiger charge is -2.46. The molecule has 1 aliphatic heterocycles. The first-order valence-electron chi connectivity index (χ1n) is 7.40. The fourth-order valence-electron chi connectivity index (χ4n) is 2.85. The summed E-state index contributed by atoms with van der Waals surface area (Å²) in [7, 11) is 1.86. The van der Waals surface area contributed by atoms with E-state index in [2.05, 4.69) is 17.1 Å². The summed E-state index contributed by atoms with van der Waals surface area (Å²) in [5.41, 5.74) is 1.68. The zero-order valence-corrected chi connectivity index (χ0v) is 14.0. The number of hydrogen-bond donors (Lipinski definition) is 1. The number of rotatable bonds is 4. The zero-order valence-electron chi connectivity index (χ0n) is 13.2. The second-order valence-electron chi connectivity index (χ2n) is 5.99. The smallest absolute Gasteiger partial charge is 0.247 e. The second-order valence-corrected chi connectivity index (χ2v) is 6.43. The van der Waals surface area contributed by atoms with E-state index in [0.717, 1.165) is 42.5 Å². The molecule has 5 heteroatoms. The van der Waals surface area contributed by atoms with Crippen molar-refractivity contribution >= 4 is 23.2 Å². The summed E-state index contributed by atoms with van der Waals surface area (Å²) in [6.07, 6.45) is 0. The van der Waals surface area contributed by atoms with E-state index in [-0.39, 0.29) is 5.91 Å². The largest absolute Gasteiger partial charge is 0.355 e. The predicted octanol–water partition coefficient (Wildman–Crippen LogP) is 2.51. The molecule has 1 saturated heterocycles. The Hall–Kier alpha value is -1.26. The molecule has 116 valence electrons. The van der Waals surface area contributed by atoms with Gasteiger partial charge in [-0.25, -0.2) is 0 Å². The first kappa shape index (κ1) is 16.1. The monoisotopic (exact) mass is 309 g/mol. The number of hydrogen-bond acceptors (Lipinski definition) is 3. The van der Waals surface area contributed by atoms with Gasteiger partial charge in [0.2, 0.25) is 5.91 Å². The molecule has 1 amide bonds. The minimum absolute atomic E-state index is 0.151. The van der Waals surface area contributed by atoms with Crippen molar-refractivity contribution in [3.63, 3.8) is 0 Å². The van der Waals surface area contributed by atoms with E-state index in [1.807, 2.05) is 39.1 Å². The highest BCUT2D eigenvalue weighted by Crippen LogP contribution is 2.32. The average molecular weight is 310 g/mol. The molecule has 0 saturated carbocycles. The van der Waals surface area contributed by atoms with Gasteiger partial charge in [0, 0.05) is 37.4 Å². The number of nitrogens with zero attached hydrogens (tertiary/aromatic N) is 2. The first-order valence-corrected chi connectivity index (χ1v) is 7.78. The Bertz CT molecular complexity index is 530. The van der Waals surface area contributed by atoms with E-state index in [1.54, 1.807) is 4.90 Å². The van der Waals surface area contributed by atoms with Crippen LogP contribution >= 0.6 is 11.6 Å². The predicted molar refractivity (Wildman–Crippen MR) is 87.9 cm³/mol. The van der Waals surface area contributed by atoms with Crippen LogP contribution < -0.4 is 10.2 Å². The number of likely N-dealkylation sites (N-methyl/N-ethyl adjacent to an activating group) is 1. The number of carbonyl (C=O) groups excluding carboxylic acids is 1. The van der Waals surface area contributed by atoms with E-state index in [4.69, 9.17) is 11.6 Å². The lowest BCUT2D eigenvalue weighted by atomic mass is 9.95. The van der Waals surface area contributed by atoms with Gasteiger partial charge in [-0.15, -0.1) is 0 Å². The van der Waals surface area contributed by atoms with Gasteiger partial charge in [0.05, 0.1) is 0 Å². The molecule has 21 heavy (non-hydrogen) atoms. The summed E-state index contributed by atoms with van der Waals surface area (Å²) < 4.78 is 0. The maximum atomic E-state index is 12.5. The van der Waals surface area contributed by atoms with Crippen molar-refractivity contribution in [1.82, 2.24) is 10.2 Å². The van der Waals surface area contributed by atoms with E-state index in [0.29, 0.717) is 0 Å². The van der Waals surface area contributed by atoms with Gasteiger partial charge >= 0.3 is 0 Å². The maximum absolute atomic E-state index is 12.5. The van der Waals surface area contributed by atoms with Crippen molar-refractivity contribution in [2.24, 2.45) is 0 Å². The van der Waals surface area contributed by atoms with Crippen LogP contribution in [0.2, 0.25) is 5.02 Å². The minimum atomic E-state index is -0.540. The SMILES string of the molecule is CCNCc1cc(Cl)ccc1N1CCN(C)C(=O)C1(C)C. The molecule has 0 spiro atoms. The Morgan fingerprint density at radius 3 is 2.71 bits per heavy atom. The zero-order chi connectivity index (χ0) is 15.6. The van der Waals surface area contributed by atoms with Gasteiger partial charge in [0.15, 0.2) is 0 Å². The van der Waals surface area contributed by atoms with Crippen LogP contribution in [-0.4, -0.2) is 43.0 Å². The van der Waals surface area contributed by atoms with Crippen LogP contribution in [0.4, 0.5) is 5.69 Å². The summed E-state index contributed by atoms with van der Waals surface area (Å²) in [4.78, 5) is 16.5. The molecular formula is C16H24ClN3O. The van der Waals surface area contributed by atoms with Crippen LogP contribution in [0.5, 0.6) is 0 Å². The number of amides is 1. The molecule has 0 bridgehead atoms. The van der Waals surface area contributed by atoms with E-state index >= 15 is 0 Å². The third-order valence-corrected chi connectivity index (χ3v) is 4.34. The van der Waals surface area contributed by atoms with Crippen molar-refractivity contribution in [2.45, 2.75) is 32.9 Å². The van der Waals surface area contributed by atoms with Crippen molar-refractivity contribution in [1.29, 1.82) is 0 Å². The van der Waals surface area contributed by atoms with Crippen molar-refractivity contribution in [3.8, 4) is 0 Å². The van der Waals surface area contributed by atoms with Crippen LogP contribution in [-0.2, 0) is 11.3 Å². The van der Waals surface area contributed by atoms with E-state index < -0.39 is 5.54 Å². The molecule has 0 aliphatic carbocycles. The van der Waals surface area contributed by atoms with Crippen molar-refractivity contribution in [2.75, 3.05) is 31.6 Å². The highest BCUT2D eigenvalue weighted by atomic mass is 35.5. The molecule has 1 N–H and O–H groups in total. The van der Waals surface area contributed by atoms with Gasteiger partial charge in [-0.05, 0) is 44.2 Å². The molecule has 1 heterocycles. The van der Waals surface area contributed by atoms with Gasteiger partial charge in [-0.1, -0.05) is 18.5 Å². The fraction of sp³-hybridized carbons (Fsp3) is 0.562. The Morgan fingerprint density at radius 2 is 2.05 bits per heavy atom. The van der Waals surface area contributed by atoms with E-state index in [9.17, 15) is 4.79 Å². The number of piperazine rings is 1. The molecule has 0 radical (unpaired) electrons. The van der Waals surface area contributed by atoms with Crippen LogP contribution in [0.3, 0.4) is 0 Å². The number of carbonyl (C=O) groups is 1. The average Bonchev–Trinajstić information content (AvgIpc) is 2.44. The molecule has 0 aromatic heterocycles. The Morgan fingerprint density at radius 1 is 1.33 bits per heavy atom. The second kappa shape index (κ2) is 6.24. The summed E-state index contributed by atoms with van der Waals surface area (Å²) in [5.74, 6) is 0.151. The number of anilines is 1. The molecule has 0 atom stereocenters. The topological polar surface area (TPSA) is 35.6 Å². The highest BCUT2D eigenvalue weighted by molar-refractivity contribution is 6.30. The fourth-order valence-corrected chi connectivity index (χ4v) is 3.05. The summed E-state index contributed by atoms with van der Waals surface area (Å²) in [6.45, 7) is 9.27. The third kappa shape index (κ3) is 3.16. The Kier molecular flexibility index (Phi) is 4.79. The molecule has 1 aliphatic rings. The van der Waals surface area contributed by atoms with Crippen LogP contribution in [0.1, 0.15) is 26.3 Å². The van der Waals surface area contributed by atoms with E-state index in [1.165, 1.54) is 0 Å². The maximum Gasteiger partial charge on any atom is 0.247 e. The number of halogens is 1. The molecule has 4 nitrogen and oxygen atoms in total. The van der Waals surface area contributed by atoms with Crippen LogP contribution in [0.25, 0.3) is 0 Å². The molecular weight excluding hydrogens is 286 g/mol. The minimum Gasteiger partial charge on any atom is -0.355 e. The standard InChI is InChI=1S/C16H24ClN3O/c1-5-18-11-12-10-13(17)6-7-14(12)20-9-8-19(4)15(21)16(20,2)3/h6-7,10,18H,5,8-9,11H2,1-4H3. The molecule has 2 rings (SSSR count). The molecule has 0 unspecified atom stereocenters. The normalized spacial score (nSPS) is 18.2. The molecule has 1 fully saturated rings. The van der Waals surface area contributed by atoms with Crippen LogP contribution in [0, 0.1) is 0 Å². The van der Waals surface area contributed by atoms with Crippen molar-refractivity contribution < 1.29 is 4.79 Å². The highest BCUT2D eigenvalue weighted by Gasteiger charge is 2.41. The van der Waals surface area contributed by atoms with Gasteiger partial charge in [0.25, 0.3) is 0 Å². The lowest BCUT2D eigenvalue weighted by Crippen LogP contribution is -2.62. The van der Waals surface area contributed by atoms with Gasteiger partial charge < -0.3 is 15.1 Å². The van der Waals surface area contributed by atoms with Gasteiger partial charge in [-0.2, -0.15) is 0 Å². The van der Waals surface area contributed by atoms with Gasteiger partial charge in [-0.3, -0.25) is 4.79 Å². The summed E-state index contributed by atoms with van der Waals surface area (Å²) >= 11 is 6.14. The quantitative estimate of drug-likeness (QED) is 0.928. The third-order valence-electron chi connectivity index (χ3n) is 4.10. The number of nitrogens with one attached hydrogen (secondary N) is 1. The first-order chi connectivity index (χ1) is 9.87. The number of benzene rings is 1. The molecule has 1 aromatic carbocycles.